The largest absolute Gasteiger partial charge is 0.493 e. The number of rotatable bonds is 7. The average molecular weight is 482 g/mol. The molecule has 1 saturated carbocycles. The van der Waals surface area contributed by atoms with Gasteiger partial charge in [0.25, 0.3) is 0 Å². The van der Waals surface area contributed by atoms with E-state index in [1.807, 2.05) is 19.1 Å². The number of nitrogens with zero attached hydrogens (tertiary/aromatic N) is 1. The SMILES string of the molecule is CCNC(=NCc1cc(Cl)c(OCC)c(OC)c1)NC1CCCC1.I. The fourth-order valence-electron chi connectivity index (χ4n) is 2.90. The molecule has 0 amide bonds. The molecule has 1 aromatic carbocycles. The molecule has 2 N–H and O–H groups in total. The summed E-state index contributed by atoms with van der Waals surface area (Å²) in [5, 5.41) is 7.37. The molecule has 0 aromatic heterocycles. The van der Waals surface area contributed by atoms with Gasteiger partial charge < -0.3 is 20.1 Å². The van der Waals surface area contributed by atoms with Gasteiger partial charge in [-0.15, -0.1) is 24.0 Å². The van der Waals surface area contributed by atoms with E-state index in [9.17, 15) is 0 Å². The van der Waals surface area contributed by atoms with Crippen LogP contribution in [0.4, 0.5) is 0 Å². The Morgan fingerprint density at radius 2 is 2.00 bits per heavy atom. The fraction of sp³-hybridized carbons (Fsp3) is 0.611. The smallest absolute Gasteiger partial charge is 0.191 e. The van der Waals surface area contributed by atoms with E-state index in [0.717, 1.165) is 18.1 Å². The first kappa shape index (κ1) is 22.2. The number of benzene rings is 1. The van der Waals surface area contributed by atoms with Crippen molar-refractivity contribution in [3.8, 4) is 11.5 Å². The summed E-state index contributed by atoms with van der Waals surface area (Å²) < 4.78 is 10.9. The van der Waals surface area contributed by atoms with Crippen molar-refractivity contribution in [1.29, 1.82) is 0 Å². The van der Waals surface area contributed by atoms with Gasteiger partial charge in [0.2, 0.25) is 0 Å². The Morgan fingerprint density at radius 3 is 2.60 bits per heavy atom. The maximum atomic E-state index is 6.32. The number of nitrogens with one attached hydrogen (secondary N) is 2. The van der Waals surface area contributed by atoms with Crippen LogP contribution in [0.3, 0.4) is 0 Å². The van der Waals surface area contributed by atoms with Gasteiger partial charge >= 0.3 is 0 Å². The average Bonchev–Trinajstić information content (AvgIpc) is 3.08. The molecule has 0 radical (unpaired) electrons. The molecule has 0 saturated heterocycles. The summed E-state index contributed by atoms with van der Waals surface area (Å²) in [5.74, 6) is 2.09. The molecular formula is C18H29ClIN3O2. The van der Waals surface area contributed by atoms with Crippen molar-refractivity contribution >= 4 is 41.5 Å². The van der Waals surface area contributed by atoms with Gasteiger partial charge in [0.1, 0.15) is 0 Å². The third kappa shape index (κ3) is 6.73. The van der Waals surface area contributed by atoms with E-state index in [4.69, 9.17) is 21.1 Å². The van der Waals surface area contributed by atoms with Crippen LogP contribution in [-0.2, 0) is 6.54 Å². The second-order valence-corrected chi connectivity index (χ2v) is 6.27. The summed E-state index contributed by atoms with van der Waals surface area (Å²) >= 11 is 6.32. The highest BCUT2D eigenvalue weighted by molar-refractivity contribution is 14.0. The lowest BCUT2D eigenvalue weighted by molar-refractivity contribution is 0.311. The van der Waals surface area contributed by atoms with Crippen LogP contribution in [0.1, 0.15) is 45.1 Å². The van der Waals surface area contributed by atoms with E-state index in [1.54, 1.807) is 7.11 Å². The molecule has 5 nitrogen and oxygen atoms in total. The van der Waals surface area contributed by atoms with Crippen LogP contribution in [0.25, 0.3) is 0 Å². The molecule has 0 unspecified atom stereocenters. The molecule has 25 heavy (non-hydrogen) atoms. The number of methoxy groups -OCH3 is 1. The van der Waals surface area contributed by atoms with Gasteiger partial charge in [-0.2, -0.15) is 0 Å². The maximum absolute atomic E-state index is 6.32. The summed E-state index contributed by atoms with van der Waals surface area (Å²) in [5.41, 5.74) is 0.990. The second-order valence-electron chi connectivity index (χ2n) is 5.86. The van der Waals surface area contributed by atoms with E-state index in [2.05, 4.69) is 22.5 Å². The zero-order chi connectivity index (χ0) is 17.4. The van der Waals surface area contributed by atoms with Crippen molar-refractivity contribution in [2.24, 2.45) is 4.99 Å². The van der Waals surface area contributed by atoms with Crippen molar-refractivity contribution in [3.05, 3.63) is 22.7 Å². The van der Waals surface area contributed by atoms with Crippen LogP contribution in [0.15, 0.2) is 17.1 Å². The number of halogens is 2. The molecule has 0 atom stereocenters. The molecular weight excluding hydrogens is 453 g/mol. The van der Waals surface area contributed by atoms with Crippen LogP contribution in [0.5, 0.6) is 11.5 Å². The molecule has 1 fully saturated rings. The Morgan fingerprint density at radius 1 is 1.28 bits per heavy atom. The highest BCUT2D eigenvalue weighted by Crippen LogP contribution is 2.36. The zero-order valence-electron chi connectivity index (χ0n) is 15.2. The number of hydrogen-bond donors (Lipinski definition) is 2. The first-order valence-corrected chi connectivity index (χ1v) is 9.09. The highest BCUT2D eigenvalue weighted by Gasteiger charge is 2.16. The van der Waals surface area contributed by atoms with E-state index < -0.39 is 0 Å². The van der Waals surface area contributed by atoms with Crippen LogP contribution >= 0.6 is 35.6 Å². The Balaban J connectivity index is 0.00000312. The lowest BCUT2D eigenvalue weighted by Crippen LogP contribution is -2.42. The number of guanidine groups is 1. The van der Waals surface area contributed by atoms with Gasteiger partial charge in [-0.3, -0.25) is 0 Å². The monoisotopic (exact) mass is 481 g/mol. The summed E-state index contributed by atoms with van der Waals surface area (Å²) in [6.45, 7) is 5.91. The Kier molecular flexibility index (Phi) is 10.3. The Labute approximate surface area is 172 Å². The topological polar surface area (TPSA) is 54.9 Å². The minimum absolute atomic E-state index is 0. The van der Waals surface area contributed by atoms with Gasteiger partial charge in [-0.25, -0.2) is 4.99 Å². The lowest BCUT2D eigenvalue weighted by Gasteiger charge is -2.17. The summed E-state index contributed by atoms with van der Waals surface area (Å²) in [6, 6.07) is 4.35. The van der Waals surface area contributed by atoms with Crippen molar-refractivity contribution in [2.75, 3.05) is 20.3 Å². The Bertz CT molecular complexity index is 563. The van der Waals surface area contributed by atoms with Crippen molar-refractivity contribution < 1.29 is 9.47 Å². The van der Waals surface area contributed by atoms with Crippen LogP contribution < -0.4 is 20.1 Å². The molecule has 1 aliphatic rings. The van der Waals surface area contributed by atoms with Gasteiger partial charge in [-0.1, -0.05) is 24.4 Å². The molecule has 2 rings (SSSR count). The summed E-state index contributed by atoms with van der Waals surface area (Å²) in [4.78, 5) is 4.68. The molecule has 0 aliphatic heterocycles. The minimum Gasteiger partial charge on any atom is -0.493 e. The van der Waals surface area contributed by atoms with E-state index >= 15 is 0 Å². The normalized spacial score (nSPS) is 14.8. The second kappa shape index (κ2) is 11.7. The third-order valence-electron chi connectivity index (χ3n) is 4.04. The predicted molar refractivity (Wildman–Crippen MR) is 115 cm³/mol. The van der Waals surface area contributed by atoms with E-state index in [1.165, 1.54) is 25.7 Å². The first-order chi connectivity index (χ1) is 11.7. The van der Waals surface area contributed by atoms with Crippen molar-refractivity contribution in [2.45, 2.75) is 52.1 Å². The standard InChI is InChI=1S/C18H28ClN3O2.HI/c1-4-20-18(22-14-8-6-7-9-14)21-12-13-10-15(19)17(24-5-2)16(11-13)23-3;/h10-11,14H,4-9,12H2,1-3H3,(H2,20,21,22);1H. The quantitative estimate of drug-likeness (QED) is 0.345. The minimum atomic E-state index is 0. The maximum Gasteiger partial charge on any atom is 0.191 e. The number of aliphatic imine (C=N–C) groups is 1. The summed E-state index contributed by atoms with van der Waals surface area (Å²) in [6.07, 6.45) is 5.02. The highest BCUT2D eigenvalue weighted by atomic mass is 127. The van der Waals surface area contributed by atoms with Gasteiger partial charge in [0, 0.05) is 12.6 Å². The lowest BCUT2D eigenvalue weighted by atomic mass is 10.2. The molecule has 142 valence electrons. The van der Waals surface area contributed by atoms with Gasteiger partial charge in [0.05, 0.1) is 25.3 Å². The third-order valence-corrected chi connectivity index (χ3v) is 4.32. The molecule has 1 aromatic rings. The zero-order valence-corrected chi connectivity index (χ0v) is 18.3. The molecule has 0 spiro atoms. The van der Waals surface area contributed by atoms with Crippen molar-refractivity contribution in [3.63, 3.8) is 0 Å². The Hall–Kier alpha value is -0.890. The van der Waals surface area contributed by atoms with Crippen LogP contribution in [0.2, 0.25) is 5.02 Å². The van der Waals surface area contributed by atoms with Gasteiger partial charge in [0.15, 0.2) is 17.5 Å². The van der Waals surface area contributed by atoms with Gasteiger partial charge in [-0.05, 0) is 44.4 Å². The van der Waals surface area contributed by atoms with E-state index in [-0.39, 0.29) is 24.0 Å². The molecule has 7 heteroatoms. The number of hydrogen-bond acceptors (Lipinski definition) is 3. The fourth-order valence-corrected chi connectivity index (χ4v) is 3.19. The molecule has 1 aliphatic carbocycles. The predicted octanol–water partition coefficient (Wildman–Crippen LogP) is 4.36. The van der Waals surface area contributed by atoms with Crippen molar-refractivity contribution in [1.82, 2.24) is 10.6 Å². The van der Waals surface area contributed by atoms with E-state index in [0.29, 0.717) is 35.7 Å². The van der Waals surface area contributed by atoms with Crippen LogP contribution in [-0.4, -0.2) is 32.3 Å². The first-order valence-electron chi connectivity index (χ1n) is 8.72. The summed E-state index contributed by atoms with van der Waals surface area (Å²) in [7, 11) is 1.62. The van der Waals surface area contributed by atoms with Crippen LogP contribution in [0, 0.1) is 0 Å². The number of ether oxygens (including phenoxy) is 2. The molecule has 0 heterocycles. The molecule has 0 bridgehead atoms.